The van der Waals surface area contributed by atoms with Gasteiger partial charge in [-0.25, -0.2) is 0 Å². The summed E-state index contributed by atoms with van der Waals surface area (Å²) in [5, 5.41) is 2.21. The number of benzene rings is 3. The standard InChI is InChI=1S/C26H21IN2O5S/c1-33-22-13-18(7-12-21(22)34-16-17-5-3-2-4-6-17)14-23-25(31)29(26(32)35-23)15-24(30)28-20-10-8-19(27)9-11-20/h2-14H,15-16H2,1H3,(H,28,30)/b23-14+. The van der Waals surface area contributed by atoms with Gasteiger partial charge in [0.2, 0.25) is 5.91 Å². The molecule has 9 heteroatoms. The summed E-state index contributed by atoms with van der Waals surface area (Å²) in [6.45, 7) is 0.0310. The summed E-state index contributed by atoms with van der Waals surface area (Å²) in [6, 6.07) is 22.3. The Hall–Kier alpha value is -3.31. The van der Waals surface area contributed by atoms with Gasteiger partial charge in [0.05, 0.1) is 12.0 Å². The van der Waals surface area contributed by atoms with Crippen LogP contribution in [-0.2, 0) is 16.2 Å². The zero-order valence-electron chi connectivity index (χ0n) is 18.7. The maximum atomic E-state index is 12.8. The lowest BCUT2D eigenvalue weighted by Gasteiger charge is -2.12. The van der Waals surface area contributed by atoms with Crippen molar-refractivity contribution < 1.29 is 23.9 Å². The fraction of sp³-hybridized carbons (Fsp3) is 0.115. The van der Waals surface area contributed by atoms with Crippen LogP contribution in [0, 0.1) is 3.57 Å². The minimum Gasteiger partial charge on any atom is -0.493 e. The molecule has 1 heterocycles. The lowest BCUT2D eigenvalue weighted by molar-refractivity contribution is -0.127. The number of anilines is 1. The van der Waals surface area contributed by atoms with Crippen molar-refractivity contribution in [2.24, 2.45) is 0 Å². The number of nitrogens with one attached hydrogen (secondary N) is 1. The van der Waals surface area contributed by atoms with Crippen molar-refractivity contribution in [1.82, 2.24) is 4.90 Å². The van der Waals surface area contributed by atoms with Crippen LogP contribution < -0.4 is 14.8 Å². The van der Waals surface area contributed by atoms with E-state index in [9.17, 15) is 14.4 Å². The first kappa shape index (κ1) is 24.8. The number of amides is 3. The summed E-state index contributed by atoms with van der Waals surface area (Å²) in [6.07, 6.45) is 1.60. The molecule has 3 aromatic rings. The SMILES string of the molecule is COc1cc(/C=C2/SC(=O)N(CC(=O)Nc3ccc(I)cc3)C2=O)ccc1OCc1ccccc1. The highest BCUT2D eigenvalue weighted by molar-refractivity contribution is 14.1. The Morgan fingerprint density at radius 1 is 1.03 bits per heavy atom. The third kappa shape index (κ3) is 6.43. The van der Waals surface area contributed by atoms with Crippen LogP contribution in [0.5, 0.6) is 11.5 Å². The number of carbonyl (C=O) groups excluding carboxylic acids is 3. The van der Waals surface area contributed by atoms with Gasteiger partial charge in [-0.2, -0.15) is 0 Å². The van der Waals surface area contributed by atoms with Gasteiger partial charge in [0.1, 0.15) is 13.2 Å². The van der Waals surface area contributed by atoms with E-state index in [1.54, 1.807) is 36.4 Å². The van der Waals surface area contributed by atoms with Crippen LogP contribution in [0.1, 0.15) is 11.1 Å². The highest BCUT2D eigenvalue weighted by Gasteiger charge is 2.36. The highest BCUT2D eigenvalue weighted by atomic mass is 127. The number of hydrogen-bond acceptors (Lipinski definition) is 6. The third-order valence-electron chi connectivity index (χ3n) is 5.03. The molecule has 1 saturated heterocycles. The molecule has 0 saturated carbocycles. The quantitative estimate of drug-likeness (QED) is 0.270. The molecule has 0 aromatic heterocycles. The largest absolute Gasteiger partial charge is 0.493 e. The Labute approximate surface area is 220 Å². The predicted molar refractivity (Wildman–Crippen MR) is 144 cm³/mol. The molecular weight excluding hydrogens is 579 g/mol. The minimum atomic E-state index is -0.513. The second-order valence-corrected chi connectivity index (χ2v) is 9.75. The maximum absolute atomic E-state index is 12.8. The monoisotopic (exact) mass is 600 g/mol. The van der Waals surface area contributed by atoms with E-state index in [1.165, 1.54) is 7.11 Å². The van der Waals surface area contributed by atoms with Gasteiger partial charge in [-0.3, -0.25) is 19.3 Å². The zero-order chi connectivity index (χ0) is 24.8. The van der Waals surface area contributed by atoms with E-state index in [4.69, 9.17) is 9.47 Å². The number of methoxy groups -OCH3 is 1. The van der Waals surface area contributed by atoms with Crippen LogP contribution in [0.25, 0.3) is 6.08 Å². The van der Waals surface area contributed by atoms with Gasteiger partial charge in [-0.15, -0.1) is 0 Å². The molecule has 3 amide bonds. The molecule has 0 unspecified atom stereocenters. The smallest absolute Gasteiger partial charge is 0.294 e. The third-order valence-corrected chi connectivity index (χ3v) is 6.65. The first-order chi connectivity index (χ1) is 16.9. The number of carbonyl (C=O) groups is 3. The Balaban J connectivity index is 1.42. The summed E-state index contributed by atoms with van der Waals surface area (Å²) in [5.74, 6) is 0.108. The van der Waals surface area contributed by atoms with Crippen molar-refractivity contribution in [3.8, 4) is 11.5 Å². The van der Waals surface area contributed by atoms with Gasteiger partial charge in [0.25, 0.3) is 11.1 Å². The van der Waals surface area contributed by atoms with Crippen LogP contribution in [0.4, 0.5) is 10.5 Å². The summed E-state index contributed by atoms with van der Waals surface area (Å²) in [4.78, 5) is 38.8. The van der Waals surface area contributed by atoms with Crippen LogP contribution in [0.15, 0.2) is 77.7 Å². The van der Waals surface area contributed by atoms with Crippen LogP contribution in [-0.4, -0.2) is 35.6 Å². The molecule has 1 aliphatic rings. The predicted octanol–water partition coefficient (Wildman–Crippen LogP) is 5.55. The van der Waals surface area contributed by atoms with Crippen LogP contribution >= 0.6 is 34.4 Å². The Morgan fingerprint density at radius 2 is 1.77 bits per heavy atom. The van der Waals surface area contributed by atoms with Gasteiger partial charge < -0.3 is 14.8 Å². The molecule has 0 radical (unpaired) electrons. The van der Waals surface area contributed by atoms with Gasteiger partial charge in [-0.05, 0) is 88.0 Å². The lowest BCUT2D eigenvalue weighted by atomic mass is 10.1. The molecule has 0 spiro atoms. The Bertz CT molecular complexity index is 1280. The van der Waals surface area contributed by atoms with Gasteiger partial charge >= 0.3 is 0 Å². The van der Waals surface area contributed by atoms with Gasteiger partial charge in [0.15, 0.2) is 11.5 Å². The summed E-state index contributed by atoms with van der Waals surface area (Å²) in [7, 11) is 1.54. The number of ether oxygens (including phenoxy) is 2. The fourth-order valence-corrected chi connectivity index (χ4v) is 4.49. The van der Waals surface area contributed by atoms with E-state index in [0.717, 1.165) is 25.8 Å². The fourth-order valence-electron chi connectivity index (χ4n) is 3.29. The molecule has 0 bridgehead atoms. The zero-order valence-corrected chi connectivity index (χ0v) is 21.7. The molecule has 4 rings (SSSR count). The summed E-state index contributed by atoms with van der Waals surface area (Å²) in [5.41, 5.74) is 2.29. The second kappa shape index (κ2) is 11.4. The van der Waals surface area contributed by atoms with Gasteiger partial charge in [-0.1, -0.05) is 36.4 Å². The van der Waals surface area contributed by atoms with E-state index >= 15 is 0 Å². The average Bonchev–Trinajstić information content (AvgIpc) is 3.12. The van der Waals surface area contributed by atoms with Crippen molar-refractivity contribution in [3.63, 3.8) is 0 Å². The van der Waals surface area contributed by atoms with Crippen LogP contribution in [0.3, 0.4) is 0 Å². The first-order valence-corrected chi connectivity index (χ1v) is 12.5. The van der Waals surface area contributed by atoms with Crippen molar-refractivity contribution in [3.05, 3.63) is 92.4 Å². The topological polar surface area (TPSA) is 84.9 Å². The molecule has 0 aliphatic carbocycles. The van der Waals surface area contributed by atoms with E-state index in [1.807, 2.05) is 42.5 Å². The molecule has 1 aliphatic heterocycles. The maximum Gasteiger partial charge on any atom is 0.294 e. The van der Waals surface area contributed by atoms with Crippen molar-refractivity contribution in [2.75, 3.05) is 19.0 Å². The minimum absolute atomic E-state index is 0.233. The van der Waals surface area contributed by atoms with E-state index in [2.05, 4.69) is 27.9 Å². The molecular formula is C26H21IN2O5S. The number of rotatable bonds is 8. The number of hydrogen-bond donors (Lipinski definition) is 1. The molecule has 1 N–H and O–H groups in total. The number of nitrogens with zero attached hydrogens (tertiary/aromatic N) is 1. The summed E-state index contributed by atoms with van der Waals surface area (Å²) < 4.78 is 12.3. The lowest BCUT2D eigenvalue weighted by Crippen LogP contribution is -2.36. The van der Waals surface area contributed by atoms with E-state index in [0.29, 0.717) is 29.4 Å². The summed E-state index contributed by atoms with van der Waals surface area (Å²) >= 11 is 2.96. The highest BCUT2D eigenvalue weighted by Crippen LogP contribution is 2.34. The van der Waals surface area contributed by atoms with Crippen molar-refractivity contribution in [2.45, 2.75) is 6.61 Å². The molecule has 1 fully saturated rings. The van der Waals surface area contributed by atoms with Crippen molar-refractivity contribution >= 4 is 63.2 Å². The average molecular weight is 600 g/mol. The van der Waals surface area contributed by atoms with Crippen molar-refractivity contribution in [1.29, 1.82) is 0 Å². The number of thioether (sulfide) groups is 1. The van der Waals surface area contributed by atoms with Crippen LogP contribution in [0.2, 0.25) is 0 Å². The van der Waals surface area contributed by atoms with E-state index < -0.39 is 17.1 Å². The number of imide groups is 1. The molecule has 3 aromatic carbocycles. The molecule has 178 valence electrons. The second-order valence-electron chi connectivity index (χ2n) is 7.51. The number of halogens is 1. The Kier molecular flexibility index (Phi) is 8.09. The molecule has 0 atom stereocenters. The normalized spacial score (nSPS) is 14.3. The Morgan fingerprint density at radius 3 is 2.49 bits per heavy atom. The first-order valence-electron chi connectivity index (χ1n) is 10.6. The van der Waals surface area contributed by atoms with Gasteiger partial charge in [0, 0.05) is 9.26 Å². The molecule has 7 nitrogen and oxygen atoms in total. The van der Waals surface area contributed by atoms with E-state index in [-0.39, 0.29) is 11.4 Å². The molecule has 35 heavy (non-hydrogen) atoms.